The topological polar surface area (TPSA) is 89.9 Å². The van der Waals surface area contributed by atoms with Gasteiger partial charge in [0.15, 0.2) is 0 Å². The second-order valence-electron chi connectivity index (χ2n) is 8.03. The Hall–Kier alpha value is -2.08. The first-order valence-corrected chi connectivity index (χ1v) is 8.97. The largest absolute Gasteiger partial charge is 0.481 e. The van der Waals surface area contributed by atoms with Gasteiger partial charge in [0.25, 0.3) is 0 Å². The lowest BCUT2D eigenvalue weighted by Gasteiger charge is -2.68. The van der Waals surface area contributed by atoms with Crippen LogP contribution >= 0.6 is 0 Å². The number of benzene rings is 1. The molecule has 2 amide bonds. The molecule has 0 radical (unpaired) electrons. The minimum absolute atomic E-state index is 0.0280. The third kappa shape index (κ3) is 2.68. The summed E-state index contributed by atoms with van der Waals surface area (Å²) >= 11 is 0. The maximum absolute atomic E-state index is 12.6. The molecule has 2 atom stereocenters. The van der Waals surface area contributed by atoms with Gasteiger partial charge >= 0.3 is 12.0 Å². The molecule has 2 unspecified atom stereocenters. The Balaban J connectivity index is 1.34. The normalized spacial score (nSPS) is 34.4. The van der Waals surface area contributed by atoms with Crippen LogP contribution in [0.4, 0.5) is 4.79 Å². The molecule has 1 aliphatic heterocycles. The fraction of sp³-hybridized carbons (Fsp3) is 0.579. The van der Waals surface area contributed by atoms with E-state index < -0.39 is 17.5 Å². The zero-order chi connectivity index (χ0) is 17.7. The predicted molar refractivity (Wildman–Crippen MR) is 90.9 cm³/mol. The van der Waals surface area contributed by atoms with Gasteiger partial charge in [-0.1, -0.05) is 30.3 Å². The van der Waals surface area contributed by atoms with Crippen LogP contribution < -0.4 is 5.32 Å². The minimum Gasteiger partial charge on any atom is -0.481 e. The first-order valence-electron chi connectivity index (χ1n) is 8.97. The molecule has 3 saturated carbocycles. The van der Waals surface area contributed by atoms with Gasteiger partial charge in [0.2, 0.25) is 0 Å². The summed E-state index contributed by atoms with van der Waals surface area (Å²) in [5.74, 6) is -0.715. The first kappa shape index (κ1) is 16.4. The highest BCUT2D eigenvalue weighted by molar-refractivity contribution is 5.83. The van der Waals surface area contributed by atoms with E-state index in [1.165, 1.54) is 0 Å². The number of rotatable bonds is 4. The quantitative estimate of drug-likeness (QED) is 0.781. The van der Waals surface area contributed by atoms with Crippen LogP contribution in [0.1, 0.15) is 43.8 Å². The second-order valence-corrected chi connectivity index (χ2v) is 8.03. The average Bonchev–Trinajstić information content (AvgIpc) is 2.56. The molecule has 1 saturated heterocycles. The number of hydrogen-bond donors (Lipinski definition) is 3. The van der Waals surface area contributed by atoms with Crippen molar-refractivity contribution in [2.75, 3.05) is 13.1 Å². The number of nitrogens with one attached hydrogen (secondary N) is 1. The van der Waals surface area contributed by atoms with E-state index in [4.69, 9.17) is 0 Å². The summed E-state index contributed by atoms with van der Waals surface area (Å²) in [5, 5.41) is 22.8. The van der Waals surface area contributed by atoms with Crippen LogP contribution in [-0.4, -0.2) is 45.7 Å². The van der Waals surface area contributed by atoms with Crippen LogP contribution in [0.5, 0.6) is 0 Å². The Kier molecular flexibility index (Phi) is 3.76. The molecule has 0 aromatic heterocycles. The van der Waals surface area contributed by atoms with Crippen LogP contribution in [-0.2, 0) is 4.79 Å². The average molecular weight is 344 g/mol. The van der Waals surface area contributed by atoms with E-state index in [2.05, 4.69) is 5.32 Å². The standard InChI is InChI=1S/C19H24N2O4/c22-15(13-5-2-1-3-6-13)14-7-4-8-21(9-14)17(25)20-19-10-18(11-19,12-19)16(23)24/h1-3,5-6,14-15,22H,4,7-12H2,(H,20,25)(H,23,24). The smallest absolute Gasteiger partial charge is 0.317 e. The molecular weight excluding hydrogens is 320 g/mol. The molecule has 4 fully saturated rings. The molecule has 1 aromatic rings. The van der Waals surface area contributed by atoms with Gasteiger partial charge in [-0.2, -0.15) is 0 Å². The van der Waals surface area contributed by atoms with Crippen molar-refractivity contribution in [2.45, 2.75) is 43.7 Å². The fourth-order valence-electron chi connectivity index (χ4n) is 4.83. The molecule has 6 nitrogen and oxygen atoms in total. The first-order chi connectivity index (χ1) is 11.9. The second kappa shape index (κ2) is 5.73. The van der Waals surface area contributed by atoms with Crippen molar-refractivity contribution in [3.8, 4) is 0 Å². The summed E-state index contributed by atoms with van der Waals surface area (Å²) in [5.41, 5.74) is -0.000574. The molecule has 2 bridgehead atoms. The molecule has 1 heterocycles. The number of hydrogen-bond acceptors (Lipinski definition) is 3. The summed E-state index contributed by atoms with van der Waals surface area (Å²) < 4.78 is 0. The lowest BCUT2D eigenvalue weighted by atomic mass is 9.39. The van der Waals surface area contributed by atoms with Crippen LogP contribution in [0.15, 0.2) is 30.3 Å². The van der Waals surface area contributed by atoms with Gasteiger partial charge in [-0.3, -0.25) is 4.79 Å². The predicted octanol–water partition coefficient (Wildman–Crippen LogP) is 2.15. The highest BCUT2D eigenvalue weighted by Crippen LogP contribution is 2.67. The van der Waals surface area contributed by atoms with Crippen LogP contribution in [0.3, 0.4) is 0 Å². The summed E-state index contributed by atoms with van der Waals surface area (Å²) in [4.78, 5) is 25.5. The number of carbonyl (C=O) groups excluding carboxylic acids is 1. The molecule has 134 valence electrons. The van der Waals surface area contributed by atoms with Crippen LogP contribution in [0.2, 0.25) is 0 Å². The number of likely N-dealkylation sites (tertiary alicyclic amines) is 1. The summed E-state index contributed by atoms with van der Waals surface area (Å²) in [7, 11) is 0. The van der Waals surface area contributed by atoms with Gasteiger partial charge in [0.05, 0.1) is 11.5 Å². The number of urea groups is 1. The Labute approximate surface area is 146 Å². The van der Waals surface area contributed by atoms with Crippen molar-refractivity contribution < 1.29 is 19.8 Å². The fourth-order valence-corrected chi connectivity index (χ4v) is 4.83. The molecule has 4 aliphatic rings. The number of amides is 2. The number of carboxylic acid groups (broad SMARTS) is 1. The molecule has 3 aliphatic carbocycles. The van der Waals surface area contributed by atoms with Gasteiger partial charge in [0, 0.05) is 24.5 Å². The van der Waals surface area contributed by atoms with E-state index >= 15 is 0 Å². The molecule has 25 heavy (non-hydrogen) atoms. The van der Waals surface area contributed by atoms with Crippen LogP contribution in [0, 0.1) is 11.3 Å². The lowest BCUT2D eigenvalue weighted by molar-refractivity contribution is -0.196. The van der Waals surface area contributed by atoms with E-state index in [9.17, 15) is 19.8 Å². The molecule has 1 aromatic carbocycles. The number of aliphatic carboxylic acids is 1. The number of piperidine rings is 1. The van der Waals surface area contributed by atoms with Crippen molar-refractivity contribution in [3.05, 3.63) is 35.9 Å². The Morgan fingerprint density at radius 2 is 1.88 bits per heavy atom. The lowest BCUT2D eigenvalue weighted by Crippen LogP contribution is -2.77. The number of carboxylic acids is 1. The maximum atomic E-state index is 12.6. The van der Waals surface area contributed by atoms with E-state index in [1.54, 1.807) is 4.90 Å². The molecule has 0 spiro atoms. The number of aliphatic hydroxyl groups excluding tert-OH is 1. The number of carbonyl (C=O) groups is 2. The Morgan fingerprint density at radius 3 is 2.52 bits per heavy atom. The zero-order valence-electron chi connectivity index (χ0n) is 14.1. The van der Waals surface area contributed by atoms with Gasteiger partial charge < -0.3 is 20.4 Å². The molecule has 5 rings (SSSR count). The van der Waals surface area contributed by atoms with Crippen LogP contribution in [0.25, 0.3) is 0 Å². The van der Waals surface area contributed by atoms with Gasteiger partial charge in [-0.05, 0) is 37.7 Å². The minimum atomic E-state index is -0.743. The monoisotopic (exact) mass is 344 g/mol. The van der Waals surface area contributed by atoms with Crippen molar-refractivity contribution in [2.24, 2.45) is 11.3 Å². The SMILES string of the molecule is O=C(NC12CC(C(=O)O)(C1)C2)N1CCCC(C(O)c2ccccc2)C1. The van der Waals surface area contributed by atoms with Gasteiger partial charge in [-0.15, -0.1) is 0 Å². The van der Waals surface area contributed by atoms with E-state index in [0.29, 0.717) is 32.4 Å². The van der Waals surface area contributed by atoms with E-state index in [1.807, 2.05) is 30.3 Å². The van der Waals surface area contributed by atoms with E-state index in [0.717, 1.165) is 18.4 Å². The number of aliphatic hydroxyl groups is 1. The molecule has 6 heteroatoms. The van der Waals surface area contributed by atoms with Gasteiger partial charge in [0.1, 0.15) is 0 Å². The van der Waals surface area contributed by atoms with E-state index in [-0.39, 0.29) is 17.5 Å². The van der Waals surface area contributed by atoms with Crippen molar-refractivity contribution in [1.29, 1.82) is 0 Å². The van der Waals surface area contributed by atoms with Gasteiger partial charge in [-0.25, -0.2) is 4.79 Å². The van der Waals surface area contributed by atoms with Crippen molar-refractivity contribution in [3.63, 3.8) is 0 Å². The Bertz CT molecular complexity index is 670. The van der Waals surface area contributed by atoms with Crippen molar-refractivity contribution in [1.82, 2.24) is 10.2 Å². The molecule has 3 N–H and O–H groups in total. The summed E-state index contributed by atoms with van der Waals surface area (Å²) in [6.07, 6.45) is 2.84. The third-order valence-electron chi connectivity index (χ3n) is 6.19. The summed E-state index contributed by atoms with van der Waals surface area (Å²) in [6.45, 7) is 1.21. The third-order valence-corrected chi connectivity index (χ3v) is 6.19. The number of nitrogens with zero attached hydrogens (tertiary/aromatic N) is 1. The Morgan fingerprint density at radius 1 is 1.20 bits per heavy atom. The van der Waals surface area contributed by atoms with Crippen molar-refractivity contribution >= 4 is 12.0 Å². The highest BCUT2D eigenvalue weighted by Gasteiger charge is 2.72. The highest BCUT2D eigenvalue weighted by atomic mass is 16.4. The maximum Gasteiger partial charge on any atom is 0.317 e. The molecular formula is C19H24N2O4. The summed E-state index contributed by atoms with van der Waals surface area (Å²) in [6, 6.07) is 9.45. The zero-order valence-corrected chi connectivity index (χ0v) is 14.1.